The van der Waals surface area contributed by atoms with Crippen molar-refractivity contribution in [3.8, 4) is 5.75 Å². The molecule has 0 spiro atoms. The highest BCUT2D eigenvalue weighted by Crippen LogP contribution is 2.17. The lowest BCUT2D eigenvalue weighted by Gasteiger charge is -2.09. The van der Waals surface area contributed by atoms with Crippen molar-refractivity contribution in [3.05, 3.63) is 47.5 Å². The quantitative estimate of drug-likeness (QED) is 0.781. The van der Waals surface area contributed by atoms with Gasteiger partial charge in [0.15, 0.2) is 17.0 Å². The minimum absolute atomic E-state index is 0.620. The fourth-order valence-corrected chi connectivity index (χ4v) is 2.29. The summed E-state index contributed by atoms with van der Waals surface area (Å²) in [6.45, 7) is 4.63. The number of hydrogen-bond donors (Lipinski definition) is 1. The molecule has 23 heavy (non-hydrogen) atoms. The van der Waals surface area contributed by atoms with Gasteiger partial charge in [-0.3, -0.25) is 0 Å². The number of aromatic nitrogens is 4. The van der Waals surface area contributed by atoms with Crippen molar-refractivity contribution >= 4 is 17.0 Å². The van der Waals surface area contributed by atoms with Gasteiger partial charge in [0, 0.05) is 6.54 Å². The van der Waals surface area contributed by atoms with Crippen molar-refractivity contribution in [1.82, 2.24) is 19.9 Å². The third-order valence-electron chi connectivity index (χ3n) is 3.74. The number of anilines is 1. The largest absolute Gasteiger partial charge is 0.497 e. The molecule has 0 atom stereocenters. The highest BCUT2D eigenvalue weighted by molar-refractivity contribution is 5.82. The topological polar surface area (TPSA) is 72.8 Å². The zero-order valence-corrected chi connectivity index (χ0v) is 13.5. The predicted octanol–water partition coefficient (Wildman–Crippen LogP) is 2.70. The Bertz CT molecular complexity index is 817. The molecule has 0 bridgehead atoms. The summed E-state index contributed by atoms with van der Waals surface area (Å²) in [6, 6.07) is 8.05. The average molecular weight is 309 g/mol. The van der Waals surface area contributed by atoms with Crippen LogP contribution < -0.4 is 10.1 Å². The summed E-state index contributed by atoms with van der Waals surface area (Å²) >= 11 is 0. The molecule has 0 saturated heterocycles. The molecular weight excluding hydrogens is 290 g/mol. The number of benzene rings is 1. The standard InChI is InChI=1S/C17H19N5O/c1-11-12(2)22-17-15(21-11)16(19-10-20-17)18-9-8-13-4-6-14(23-3)7-5-13/h4-7,10H,8-9H2,1-3H3,(H,18,19,20,22). The number of rotatable bonds is 5. The van der Waals surface area contributed by atoms with E-state index in [-0.39, 0.29) is 0 Å². The smallest absolute Gasteiger partial charge is 0.183 e. The molecule has 6 heteroatoms. The summed E-state index contributed by atoms with van der Waals surface area (Å²) in [5.41, 5.74) is 4.35. The normalized spacial score (nSPS) is 10.7. The molecule has 0 unspecified atom stereocenters. The lowest BCUT2D eigenvalue weighted by molar-refractivity contribution is 0.414. The number of aryl methyl sites for hydroxylation is 2. The van der Waals surface area contributed by atoms with Gasteiger partial charge in [0.05, 0.1) is 18.5 Å². The highest BCUT2D eigenvalue weighted by Gasteiger charge is 2.08. The SMILES string of the molecule is COc1ccc(CCNc2ncnc3nc(C)c(C)nc23)cc1. The number of nitrogens with zero attached hydrogens (tertiary/aromatic N) is 4. The summed E-state index contributed by atoms with van der Waals surface area (Å²) in [6.07, 6.45) is 2.40. The fourth-order valence-electron chi connectivity index (χ4n) is 2.29. The van der Waals surface area contributed by atoms with Crippen LogP contribution in [0, 0.1) is 13.8 Å². The zero-order valence-electron chi connectivity index (χ0n) is 13.5. The first-order chi connectivity index (χ1) is 11.2. The van der Waals surface area contributed by atoms with Crippen LogP contribution in [0.25, 0.3) is 11.2 Å². The van der Waals surface area contributed by atoms with Crippen molar-refractivity contribution < 1.29 is 4.74 Å². The van der Waals surface area contributed by atoms with E-state index in [4.69, 9.17) is 4.74 Å². The molecule has 2 heterocycles. The van der Waals surface area contributed by atoms with Crippen molar-refractivity contribution in [2.75, 3.05) is 19.0 Å². The van der Waals surface area contributed by atoms with Crippen LogP contribution in [0.5, 0.6) is 5.75 Å². The van der Waals surface area contributed by atoms with E-state index in [0.29, 0.717) is 11.2 Å². The molecule has 2 aromatic heterocycles. The Morgan fingerprint density at radius 2 is 1.74 bits per heavy atom. The van der Waals surface area contributed by atoms with Gasteiger partial charge < -0.3 is 10.1 Å². The molecule has 0 fully saturated rings. The van der Waals surface area contributed by atoms with Gasteiger partial charge in [-0.2, -0.15) is 0 Å². The summed E-state index contributed by atoms with van der Waals surface area (Å²) < 4.78 is 5.16. The molecule has 0 aliphatic carbocycles. The lowest BCUT2D eigenvalue weighted by atomic mass is 10.1. The fraction of sp³-hybridized carbons (Fsp3) is 0.294. The van der Waals surface area contributed by atoms with Crippen LogP contribution in [0.4, 0.5) is 5.82 Å². The van der Waals surface area contributed by atoms with Gasteiger partial charge in [-0.15, -0.1) is 0 Å². The van der Waals surface area contributed by atoms with Gasteiger partial charge >= 0.3 is 0 Å². The maximum atomic E-state index is 5.16. The van der Waals surface area contributed by atoms with Gasteiger partial charge in [0.2, 0.25) is 0 Å². The van der Waals surface area contributed by atoms with Gasteiger partial charge in [-0.1, -0.05) is 12.1 Å². The molecule has 1 N–H and O–H groups in total. The molecule has 3 rings (SSSR count). The van der Waals surface area contributed by atoms with E-state index in [1.54, 1.807) is 7.11 Å². The molecule has 0 aliphatic heterocycles. The van der Waals surface area contributed by atoms with E-state index in [1.807, 2.05) is 26.0 Å². The summed E-state index contributed by atoms with van der Waals surface area (Å²) in [5, 5.41) is 3.33. The lowest BCUT2D eigenvalue weighted by Crippen LogP contribution is -2.08. The van der Waals surface area contributed by atoms with Gasteiger partial charge in [0.1, 0.15) is 12.1 Å². The second-order valence-electron chi connectivity index (χ2n) is 5.31. The van der Waals surface area contributed by atoms with E-state index in [1.165, 1.54) is 11.9 Å². The van der Waals surface area contributed by atoms with E-state index in [0.717, 1.165) is 35.9 Å². The number of methoxy groups -OCH3 is 1. The van der Waals surface area contributed by atoms with E-state index in [2.05, 4.69) is 37.4 Å². The molecule has 6 nitrogen and oxygen atoms in total. The van der Waals surface area contributed by atoms with Crippen LogP contribution in [0.15, 0.2) is 30.6 Å². The molecule has 1 aromatic carbocycles. The molecule has 0 radical (unpaired) electrons. The summed E-state index contributed by atoms with van der Waals surface area (Å²) in [7, 11) is 1.67. The predicted molar refractivity (Wildman–Crippen MR) is 89.8 cm³/mol. The number of hydrogen-bond acceptors (Lipinski definition) is 6. The Labute approximate surface area is 135 Å². The molecule has 0 aliphatic rings. The maximum absolute atomic E-state index is 5.16. The van der Waals surface area contributed by atoms with Crippen molar-refractivity contribution in [2.24, 2.45) is 0 Å². The maximum Gasteiger partial charge on any atom is 0.183 e. The van der Waals surface area contributed by atoms with Crippen LogP contribution in [-0.2, 0) is 6.42 Å². The molecule has 0 amide bonds. The second-order valence-corrected chi connectivity index (χ2v) is 5.31. The molecular formula is C17H19N5O. The minimum atomic E-state index is 0.620. The molecule has 118 valence electrons. The summed E-state index contributed by atoms with van der Waals surface area (Å²) in [5.74, 6) is 1.59. The monoisotopic (exact) mass is 309 g/mol. The third-order valence-corrected chi connectivity index (χ3v) is 3.74. The Kier molecular flexibility index (Phi) is 4.32. The van der Waals surface area contributed by atoms with Crippen LogP contribution in [-0.4, -0.2) is 33.6 Å². The van der Waals surface area contributed by atoms with E-state index in [9.17, 15) is 0 Å². The molecule has 3 aromatic rings. The number of ether oxygens (including phenoxy) is 1. The number of nitrogens with one attached hydrogen (secondary N) is 1. The Hall–Kier alpha value is -2.76. The highest BCUT2D eigenvalue weighted by atomic mass is 16.5. The van der Waals surface area contributed by atoms with Crippen molar-refractivity contribution in [3.63, 3.8) is 0 Å². The minimum Gasteiger partial charge on any atom is -0.497 e. The van der Waals surface area contributed by atoms with Crippen LogP contribution in [0.1, 0.15) is 17.0 Å². The Morgan fingerprint density at radius 1 is 1.00 bits per heavy atom. The van der Waals surface area contributed by atoms with Crippen LogP contribution >= 0.6 is 0 Å². The van der Waals surface area contributed by atoms with Gasteiger partial charge in [-0.25, -0.2) is 19.9 Å². The van der Waals surface area contributed by atoms with Gasteiger partial charge in [-0.05, 0) is 38.0 Å². The first-order valence-electron chi connectivity index (χ1n) is 7.50. The van der Waals surface area contributed by atoms with Crippen LogP contribution in [0.3, 0.4) is 0 Å². The second kappa shape index (κ2) is 6.56. The van der Waals surface area contributed by atoms with Gasteiger partial charge in [0.25, 0.3) is 0 Å². The zero-order chi connectivity index (χ0) is 16.2. The van der Waals surface area contributed by atoms with E-state index < -0.39 is 0 Å². The van der Waals surface area contributed by atoms with E-state index >= 15 is 0 Å². The van der Waals surface area contributed by atoms with Crippen LogP contribution in [0.2, 0.25) is 0 Å². The van der Waals surface area contributed by atoms with Crippen molar-refractivity contribution in [2.45, 2.75) is 20.3 Å². The first-order valence-corrected chi connectivity index (χ1v) is 7.50. The third kappa shape index (κ3) is 3.36. The summed E-state index contributed by atoms with van der Waals surface area (Å²) in [4.78, 5) is 17.5. The number of fused-ring (bicyclic) bond motifs is 1. The Balaban J connectivity index is 1.72. The average Bonchev–Trinajstić information content (AvgIpc) is 2.57. The molecule has 0 saturated carbocycles. The Morgan fingerprint density at radius 3 is 2.48 bits per heavy atom. The van der Waals surface area contributed by atoms with Crippen molar-refractivity contribution in [1.29, 1.82) is 0 Å². The first kappa shape index (κ1) is 15.1.